The SMILES string of the molecule is Cc1noc(C)c1COc1ccccc1C(=O)OCC(=O)c1ccc2c(c1)CCC2. The zero-order valence-electron chi connectivity index (χ0n) is 17.1. The average Bonchev–Trinajstić information content (AvgIpc) is 3.36. The lowest BCUT2D eigenvalue weighted by atomic mass is 10.0. The predicted octanol–water partition coefficient (Wildman–Crippen LogP) is 4.40. The smallest absolute Gasteiger partial charge is 0.342 e. The van der Waals surface area contributed by atoms with Gasteiger partial charge in [-0.25, -0.2) is 4.79 Å². The first-order chi connectivity index (χ1) is 14.5. The van der Waals surface area contributed by atoms with Crippen LogP contribution in [0.2, 0.25) is 0 Å². The van der Waals surface area contributed by atoms with Gasteiger partial charge in [0.05, 0.1) is 11.3 Å². The number of nitrogens with zero attached hydrogens (tertiary/aromatic N) is 1. The molecule has 4 rings (SSSR count). The maximum atomic E-state index is 12.6. The van der Waals surface area contributed by atoms with Gasteiger partial charge in [0.2, 0.25) is 0 Å². The monoisotopic (exact) mass is 405 g/mol. The van der Waals surface area contributed by atoms with Crippen molar-refractivity contribution in [2.75, 3.05) is 6.61 Å². The molecule has 2 aromatic carbocycles. The molecule has 0 saturated heterocycles. The summed E-state index contributed by atoms with van der Waals surface area (Å²) in [4.78, 5) is 25.1. The number of carbonyl (C=O) groups is 2. The van der Waals surface area contributed by atoms with E-state index < -0.39 is 5.97 Å². The third-order valence-corrected chi connectivity index (χ3v) is 5.42. The quantitative estimate of drug-likeness (QED) is 0.428. The van der Waals surface area contributed by atoms with Crippen molar-refractivity contribution in [1.29, 1.82) is 0 Å². The zero-order chi connectivity index (χ0) is 21.1. The second kappa shape index (κ2) is 8.53. The lowest BCUT2D eigenvalue weighted by molar-refractivity contribution is 0.0470. The van der Waals surface area contributed by atoms with Gasteiger partial charge in [0, 0.05) is 5.56 Å². The van der Waals surface area contributed by atoms with Crippen LogP contribution >= 0.6 is 0 Å². The van der Waals surface area contributed by atoms with Crippen molar-refractivity contribution in [2.24, 2.45) is 0 Å². The van der Waals surface area contributed by atoms with Gasteiger partial charge in [-0.2, -0.15) is 0 Å². The Kier molecular flexibility index (Phi) is 5.65. The van der Waals surface area contributed by atoms with Crippen LogP contribution in [0.1, 0.15) is 55.3 Å². The number of ether oxygens (including phenoxy) is 2. The number of fused-ring (bicyclic) bond motifs is 1. The number of hydrogen-bond acceptors (Lipinski definition) is 6. The molecule has 1 aliphatic rings. The van der Waals surface area contributed by atoms with E-state index in [0.717, 1.165) is 30.5 Å². The normalized spacial score (nSPS) is 12.5. The molecule has 0 spiro atoms. The number of Topliss-reactive ketones (excluding diaryl/α,β-unsaturated/α-hetero) is 1. The molecule has 3 aromatic rings. The van der Waals surface area contributed by atoms with Crippen LogP contribution in [-0.2, 0) is 24.2 Å². The molecule has 1 aliphatic carbocycles. The molecule has 0 N–H and O–H groups in total. The summed E-state index contributed by atoms with van der Waals surface area (Å²) < 4.78 is 16.2. The first kappa shape index (κ1) is 19.9. The van der Waals surface area contributed by atoms with Crippen molar-refractivity contribution in [3.05, 3.63) is 81.7 Å². The predicted molar refractivity (Wildman–Crippen MR) is 110 cm³/mol. The molecule has 30 heavy (non-hydrogen) atoms. The van der Waals surface area contributed by atoms with Gasteiger partial charge in [0.25, 0.3) is 0 Å². The van der Waals surface area contributed by atoms with Crippen molar-refractivity contribution in [3.8, 4) is 5.75 Å². The molecule has 0 bridgehead atoms. The van der Waals surface area contributed by atoms with Gasteiger partial charge in [0.15, 0.2) is 12.4 Å². The summed E-state index contributed by atoms with van der Waals surface area (Å²) in [7, 11) is 0. The summed E-state index contributed by atoms with van der Waals surface area (Å²) in [6, 6.07) is 12.5. The highest BCUT2D eigenvalue weighted by atomic mass is 16.5. The number of benzene rings is 2. The van der Waals surface area contributed by atoms with Crippen LogP contribution in [-0.4, -0.2) is 23.5 Å². The third kappa shape index (κ3) is 4.13. The maximum Gasteiger partial charge on any atom is 0.342 e. The highest BCUT2D eigenvalue weighted by Crippen LogP contribution is 2.24. The van der Waals surface area contributed by atoms with Crippen LogP contribution in [0.15, 0.2) is 47.0 Å². The molecule has 0 unspecified atom stereocenters. The van der Waals surface area contributed by atoms with Crippen molar-refractivity contribution in [2.45, 2.75) is 39.7 Å². The summed E-state index contributed by atoms with van der Waals surface area (Å²) in [6.45, 7) is 3.55. The number of aryl methyl sites for hydroxylation is 4. The number of rotatable bonds is 7. The summed E-state index contributed by atoms with van der Waals surface area (Å²) >= 11 is 0. The maximum absolute atomic E-state index is 12.6. The zero-order valence-corrected chi connectivity index (χ0v) is 17.1. The van der Waals surface area contributed by atoms with Crippen LogP contribution in [0.5, 0.6) is 5.75 Å². The first-order valence-electron chi connectivity index (χ1n) is 9.98. The molecule has 154 valence electrons. The molecule has 1 heterocycles. The number of para-hydroxylation sites is 1. The minimum Gasteiger partial charge on any atom is -0.488 e. The number of ketones is 1. The fraction of sp³-hybridized carbons (Fsp3) is 0.292. The molecule has 0 radical (unpaired) electrons. The van der Waals surface area contributed by atoms with Crippen LogP contribution in [0.3, 0.4) is 0 Å². The fourth-order valence-corrected chi connectivity index (χ4v) is 3.66. The van der Waals surface area contributed by atoms with E-state index in [2.05, 4.69) is 5.16 Å². The number of esters is 1. The van der Waals surface area contributed by atoms with E-state index in [0.29, 0.717) is 17.1 Å². The van der Waals surface area contributed by atoms with E-state index in [-0.39, 0.29) is 24.6 Å². The Morgan fingerprint density at radius 2 is 1.87 bits per heavy atom. The van der Waals surface area contributed by atoms with E-state index >= 15 is 0 Å². The minimum atomic E-state index is -0.598. The Balaban J connectivity index is 1.40. The highest BCUT2D eigenvalue weighted by Gasteiger charge is 2.19. The minimum absolute atomic E-state index is 0.216. The molecule has 1 aromatic heterocycles. The summed E-state index contributed by atoms with van der Waals surface area (Å²) in [6.07, 6.45) is 3.17. The Morgan fingerprint density at radius 3 is 2.67 bits per heavy atom. The van der Waals surface area contributed by atoms with Gasteiger partial charge in [0.1, 0.15) is 23.7 Å². The molecule has 0 fully saturated rings. The molecular formula is C24H23NO5. The Labute approximate surface area is 174 Å². The Bertz CT molecular complexity index is 1080. The summed E-state index contributed by atoms with van der Waals surface area (Å²) in [5, 5.41) is 3.90. The van der Waals surface area contributed by atoms with Gasteiger partial charge in [-0.15, -0.1) is 0 Å². The first-order valence-corrected chi connectivity index (χ1v) is 9.98. The highest BCUT2D eigenvalue weighted by molar-refractivity contribution is 6.00. The largest absolute Gasteiger partial charge is 0.488 e. The van der Waals surface area contributed by atoms with E-state index in [1.807, 2.05) is 26.0 Å². The van der Waals surface area contributed by atoms with Gasteiger partial charge >= 0.3 is 5.97 Å². The molecule has 6 nitrogen and oxygen atoms in total. The lowest BCUT2D eigenvalue weighted by Crippen LogP contribution is -2.15. The molecule has 0 amide bonds. The van der Waals surface area contributed by atoms with Crippen molar-refractivity contribution in [1.82, 2.24) is 5.16 Å². The fourth-order valence-electron chi connectivity index (χ4n) is 3.66. The van der Waals surface area contributed by atoms with Gasteiger partial charge in [-0.3, -0.25) is 4.79 Å². The van der Waals surface area contributed by atoms with Crippen molar-refractivity contribution < 1.29 is 23.6 Å². The standard InChI is InChI=1S/C24H23NO5/c1-15-21(16(2)30-25-15)13-28-23-9-4-3-8-20(23)24(27)29-14-22(26)19-11-10-17-6-5-7-18(17)12-19/h3-4,8-12H,5-7,13-14H2,1-2H3. The number of hydrogen-bond donors (Lipinski definition) is 0. The lowest BCUT2D eigenvalue weighted by Gasteiger charge is -2.11. The molecule has 0 saturated carbocycles. The van der Waals surface area contributed by atoms with Crippen LogP contribution in [0, 0.1) is 13.8 Å². The van der Waals surface area contributed by atoms with E-state index in [1.54, 1.807) is 30.3 Å². The Morgan fingerprint density at radius 1 is 1.07 bits per heavy atom. The third-order valence-electron chi connectivity index (χ3n) is 5.42. The molecule has 0 aliphatic heterocycles. The van der Waals surface area contributed by atoms with Gasteiger partial charge in [-0.1, -0.05) is 29.4 Å². The van der Waals surface area contributed by atoms with Crippen LogP contribution < -0.4 is 4.74 Å². The molecular weight excluding hydrogens is 382 g/mol. The van der Waals surface area contributed by atoms with Crippen molar-refractivity contribution >= 4 is 11.8 Å². The summed E-state index contributed by atoms with van der Waals surface area (Å²) in [5.74, 6) is 0.242. The van der Waals surface area contributed by atoms with E-state index in [4.69, 9.17) is 14.0 Å². The molecule has 6 heteroatoms. The average molecular weight is 405 g/mol. The van der Waals surface area contributed by atoms with Crippen LogP contribution in [0.4, 0.5) is 0 Å². The van der Waals surface area contributed by atoms with Crippen molar-refractivity contribution in [3.63, 3.8) is 0 Å². The Hall–Kier alpha value is -3.41. The topological polar surface area (TPSA) is 78.6 Å². The van der Waals surface area contributed by atoms with E-state index in [9.17, 15) is 9.59 Å². The van der Waals surface area contributed by atoms with Gasteiger partial charge in [-0.05, 0) is 62.4 Å². The second-order valence-corrected chi connectivity index (χ2v) is 7.42. The summed E-state index contributed by atoms with van der Waals surface area (Å²) in [5.41, 5.74) is 4.94. The van der Waals surface area contributed by atoms with Gasteiger partial charge < -0.3 is 14.0 Å². The number of aromatic nitrogens is 1. The van der Waals surface area contributed by atoms with Crippen LogP contribution in [0.25, 0.3) is 0 Å². The second-order valence-electron chi connectivity index (χ2n) is 7.42. The van der Waals surface area contributed by atoms with E-state index in [1.165, 1.54) is 11.1 Å². The molecule has 0 atom stereocenters. The number of carbonyl (C=O) groups excluding carboxylic acids is 2.